The van der Waals surface area contributed by atoms with Gasteiger partial charge >= 0.3 is 0 Å². The predicted octanol–water partition coefficient (Wildman–Crippen LogP) is 4.95. The lowest BCUT2D eigenvalue weighted by Gasteiger charge is -2.12. The molecule has 0 bridgehead atoms. The first-order valence-electron chi connectivity index (χ1n) is 5.63. The number of alkyl halides is 2. The second-order valence-corrected chi connectivity index (χ2v) is 4.78. The second-order valence-electron chi connectivity index (χ2n) is 3.98. The Labute approximate surface area is 112 Å². The van der Waals surface area contributed by atoms with E-state index in [9.17, 15) is 0 Å². The van der Waals surface area contributed by atoms with Crippen LogP contribution in [0.3, 0.4) is 0 Å². The molecule has 0 aromatic heterocycles. The van der Waals surface area contributed by atoms with Crippen molar-refractivity contribution >= 4 is 23.2 Å². The van der Waals surface area contributed by atoms with Crippen LogP contribution in [0.5, 0.6) is 0 Å². The Balaban J connectivity index is 2.16. The van der Waals surface area contributed by atoms with E-state index in [-0.39, 0.29) is 5.38 Å². The van der Waals surface area contributed by atoms with E-state index in [2.05, 4.69) is 24.3 Å². The van der Waals surface area contributed by atoms with Gasteiger partial charge in [0.05, 0.1) is 5.38 Å². The molecule has 2 rings (SSSR count). The van der Waals surface area contributed by atoms with Gasteiger partial charge in [0.1, 0.15) is 0 Å². The lowest BCUT2D eigenvalue weighted by Crippen LogP contribution is -1.98. The topological polar surface area (TPSA) is 0 Å². The summed E-state index contributed by atoms with van der Waals surface area (Å²) in [5.41, 5.74) is 3.54. The number of hydrogen-bond donors (Lipinski definition) is 0. The molecule has 17 heavy (non-hydrogen) atoms. The van der Waals surface area contributed by atoms with Gasteiger partial charge in [-0.3, -0.25) is 0 Å². The van der Waals surface area contributed by atoms with Gasteiger partial charge in [0.25, 0.3) is 0 Å². The van der Waals surface area contributed by atoms with Crippen molar-refractivity contribution < 1.29 is 0 Å². The first-order chi connectivity index (χ1) is 8.31. The summed E-state index contributed by atoms with van der Waals surface area (Å²) in [6.45, 7) is 0. The fourth-order valence-electron chi connectivity index (χ4n) is 1.86. The van der Waals surface area contributed by atoms with E-state index < -0.39 is 0 Å². The molecule has 0 saturated carbocycles. The van der Waals surface area contributed by atoms with Gasteiger partial charge in [-0.1, -0.05) is 54.6 Å². The molecule has 0 heterocycles. The Kier molecular flexibility index (Phi) is 4.47. The van der Waals surface area contributed by atoms with Crippen LogP contribution in [-0.4, -0.2) is 0 Å². The molecule has 88 valence electrons. The largest absolute Gasteiger partial charge is 0.122 e. The number of halogens is 2. The zero-order valence-corrected chi connectivity index (χ0v) is 11.0. The van der Waals surface area contributed by atoms with Crippen molar-refractivity contribution in [2.45, 2.75) is 17.7 Å². The van der Waals surface area contributed by atoms with Crippen molar-refractivity contribution in [3.8, 4) is 0 Å². The summed E-state index contributed by atoms with van der Waals surface area (Å²) in [5, 5.41) is 0.000525. The van der Waals surface area contributed by atoms with E-state index in [0.717, 1.165) is 17.5 Å². The molecule has 2 aromatic rings. The minimum absolute atomic E-state index is 0.000525. The van der Waals surface area contributed by atoms with Gasteiger partial charge in [0.2, 0.25) is 0 Å². The Hall–Kier alpha value is -0.980. The molecule has 0 saturated heterocycles. The predicted molar refractivity (Wildman–Crippen MR) is 74.7 cm³/mol. The van der Waals surface area contributed by atoms with Crippen LogP contribution in [0.15, 0.2) is 54.6 Å². The molecule has 0 N–H and O–H groups in total. The van der Waals surface area contributed by atoms with E-state index in [0.29, 0.717) is 5.88 Å². The zero-order chi connectivity index (χ0) is 12.1. The molecule has 0 aliphatic heterocycles. The molecule has 2 heteroatoms. The van der Waals surface area contributed by atoms with Gasteiger partial charge in [-0.2, -0.15) is 0 Å². The van der Waals surface area contributed by atoms with Crippen LogP contribution in [0.25, 0.3) is 0 Å². The minimum atomic E-state index is 0.000525. The average molecular weight is 265 g/mol. The standard InChI is InChI=1S/C15H14Cl2/c16-11-14-9-5-4-8-13(14)10-15(17)12-6-2-1-3-7-12/h1-9,15H,10-11H2. The van der Waals surface area contributed by atoms with Gasteiger partial charge in [0, 0.05) is 5.88 Å². The fraction of sp³-hybridized carbons (Fsp3) is 0.200. The molecule has 0 amide bonds. The highest BCUT2D eigenvalue weighted by atomic mass is 35.5. The molecular weight excluding hydrogens is 251 g/mol. The zero-order valence-electron chi connectivity index (χ0n) is 9.44. The summed E-state index contributed by atoms with van der Waals surface area (Å²) < 4.78 is 0. The molecule has 0 spiro atoms. The van der Waals surface area contributed by atoms with Crippen LogP contribution < -0.4 is 0 Å². The summed E-state index contributed by atoms with van der Waals surface area (Å²) >= 11 is 12.3. The van der Waals surface area contributed by atoms with Crippen LogP contribution in [-0.2, 0) is 12.3 Å². The fourth-order valence-corrected chi connectivity index (χ4v) is 2.43. The molecule has 1 atom stereocenters. The summed E-state index contributed by atoms with van der Waals surface area (Å²) in [5.74, 6) is 0.536. The van der Waals surface area contributed by atoms with Gasteiger partial charge in [0.15, 0.2) is 0 Å². The molecule has 0 aliphatic carbocycles. The monoisotopic (exact) mass is 264 g/mol. The summed E-state index contributed by atoms with van der Waals surface area (Å²) in [6.07, 6.45) is 0.814. The molecule has 2 aromatic carbocycles. The molecule has 0 aliphatic rings. The smallest absolute Gasteiger partial charge is 0.0625 e. The third-order valence-corrected chi connectivity index (χ3v) is 3.52. The van der Waals surface area contributed by atoms with Crippen molar-refractivity contribution in [2.24, 2.45) is 0 Å². The van der Waals surface area contributed by atoms with Crippen LogP contribution in [0.1, 0.15) is 22.1 Å². The minimum Gasteiger partial charge on any atom is -0.122 e. The molecule has 0 fully saturated rings. The van der Waals surface area contributed by atoms with Crippen molar-refractivity contribution in [2.75, 3.05) is 0 Å². The third kappa shape index (κ3) is 3.24. The highest BCUT2D eigenvalue weighted by molar-refractivity contribution is 6.21. The van der Waals surface area contributed by atoms with Gasteiger partial charge < -0.3 is 0 Å². The highest BCUT2D eigenvalue weighted by Crippen LogP contribution is 2.26. The average Bonchev–Trinajstić information content (AvgIpc) is 2.40. The van der Waals surface area contributed by atoms with Crippen molar-refractivity contribution in [3.05, 3.63) is 71.3 Å². The van der Waals surface area contributed by atoms with Crippen molar-refractivity contribution in [1.29, 1.82) is 0 Å². The summed E-state index contributed by atoms with van der Waals surface area (Å²) in [4.78, 5) is 0. The van der Waals surface area contributed by atoms with Gasteiger partial charge in [-0.25, -0.2) is 0 Å². The maximum Gasteiger partial charge on any atom is 0.0625 e. The van der Waals surface area contributed by atoms with Crippen LogP contribution in [0.4, 0.5) is 0 Å². The number of hydrogen-bond acceptors (Lipinski definition) is 0. The van der Waals surface area contributed by atoms with E-state index in [1.54, 1.807) is 0 Å². The molecule has 1 unspecified atom stereocenters. The quantitative estimate of drug-likeness (QED) is 0.686. The Morgan fingerprint density at radius 3 is 2.06 bits per heavy atom. The first-order valence-corrected chi connectivity index (χ1v) is 6.60. The molecule has 0 radical (unpaired) electrons. The van der Waals surface area contributed by atoms with Crippen LogP contribution >= 0.6 is 23.2 Å². The highest BCUT2D eigenvalue weighted by Gasteiger charge is 2.10. The van der Waals surface area contributed by atoms with E-state index in [4.69, 9.17) is 23.2 Å². The Morgan fingerprint density at radius 2 is 1.41 bits per heavy atom. The van der Waals surface area contributed by atoms with Gasteiger partial charge in [-0.05, 0) is 23.1 Å². The first kappa shape index (κ1) is 12.5. The Morgan fingerprint density at radius 1 is 0.824 bits per heavy atom. The van der Waals surface area contributed by atoms with Crippen LogP contribution in [0.2, 0.25) is 0 Å². The van der Waals surface area contributed by atoms with Gasteiger partial charge in [-0.15, -0.1) is 23.2 Å². The Bertz CT molecular complexity index is 465. The van der Waals surface area contributed by atoms with E-state index >= 15 is 0 Å². The number of benzene rings is 2. The maximum absolute atomic E-state index is 6.43. The summed E-state index contributed by atoms with van der Waals surface area (Å²) in [6, 6.07) is 18.3. The molecular formula is C15H14Cl2. The lowest BCUT2D eigenvalue weighted by atomic mass is 10.0. The third-order valence-electron chi connectivity index (χ3n) is 2.82. The lowest BCUT2D eigenvalue weighted by molar-refractivity contribution is 0.909. The van der Waals surface area contributed by atoms with Crippen LogP contribution in [0, 0.1) is 0 Å². The molecule has 0 nitrogen and oxygen atoms in total. The van der Waals surface area contributed by atoms with Crippen molar-refractivity contribution in [1.82, 2.24) is 0 Å². The van der Waals surface area contributed by atoms with E-state index in [1.807, 2.05) is 30.3 Å². The number of rotatable bonds is 4. The van der Waals surface area contributed by atoms with E-state index in [1.165, 1.54) is 5.56 Å². The second kappa shape index (κ2) is 6.09. The SMILES string of the molecule is ClCc1ccccc1CC(Cl)c1ccccc1. The summed E-state index contributed by atoms with van der Waals surface area (Å²) in [7, 11) is 0. The maximum atomic E-state index is 6.43. The van der Waals surface area contributed by atoms with Crippen molar-refractivity contribution in [3.63, 3.8) is 0 Å². The normalized spacial score (nSPS) is 12.4.